The summed E-state index contributed by atoms with van der Waals surface area (Å²) in [6.07, 6.45) is -3.24. The quantitative estimate of drug-likeness (QED) is 0.551. The second-order valence-corrected chi connectivity index (χ2v) is 9.65. The van der Waals surface area contributed by atoms with Gasteiger partial charge in [-0.2, -0.15) is 13.2 Å². The van der Waals surface area contributed by atoms with Gasteiger partial charge in [0.15, 0.2) is 0 Å². The van der Waals surface area contributed by atoms with E-state index in [9.17, 15) is 22.8 Å². The van der Waals surface area contributed by atoms with Gasteiger partial charge in [-0.05, 0) is 49.4 Å². The minimum absolute atomic E-state index is 0.0249. The number of thioether (sulfide) groups is 1. The van der Waals surface area contributed by atoms with Crippen LogP contribution in [-0.2, 0) is 15.8 Å². The molecule has 6 nitrogen and oxygen atoms in total. The van der Waals surface area contributed by atoms with Gasteiger partial charge < -0.3 is 15.1 Å². The van der Waals surface area contributed by atoms with Crippen LogP contribution in [0.5, 0.6) is 0 Å². The van der Waals surface area contributed by atoms with Crippen molar-refractivity contribution in [3.63, 3.8) is 0 Å². The van der Waals surface area contributed by atoms with E-state index < -0.39 is 11.7 Å². The van der Waals surface area contributed by atoms with Gasteiger partial charge in [0.2, 0.25) is 11.8 Å². The van der Waals surface area contributed by atoms with Crippen LogP contribution in [0.25, 0.3) is 0 Å². The highest BCUT2D eigenvalue weighted by Crippen LogP contribution is 2.35. The first-order chi connectivity index (χ1) is 16.8. The minimum Gasteiger partial charge on any atom is -0.369 e. The molecule has 2 aromatic rings. The van der Waals surface area contributed by atoms with Gasteiger partial charge in [0.25, 0.3) is 0 Å². The predicted octanol–water partition coefficient (Wildman–Crippen LogP) is 3.86. The number of hydrogen-bond acceptors (Lipinski definition) is 5. The van der Waals surface area contributed by atoms with Gasteiger partial charge in [-0.25, -0.2) is 0 Å². The molecular formula is C25H29F3N4O2S. The lowest BCUT2D eigenvalue weighted by Crippen LogP contribution is -2.47. The van der Waals surface area contributed by atoms with E-state index in [-0.39, 0.29) is 18.2 Å². The summed E-state index contributed by atoms with van der Waals surface area (Å²) in [6, 6.07) is 13.1. The van der Waals surface area contributed by atoms with E-state index in [2.05, 4.69) is 15.1 Å². The maximum atomic E-state index is 12.7. The molecule has 2 aliphatic heterocycles. The zero-order valence-corrected chi connectivity index (χ0v) is 20.2. The van der Waals surface area contributed by atoms with Crippen LogP contribution < -0.4 is 15.1 Å². The van der Waals surface area contributed by atoms with Crippen LogP contribution in [0.4, 0.5) is 24.5 Å². The number of halogens is 3. The molecular weight excluding hydrogens is 477 g/mol. The Hall–Kier alpha value is -2.72. The highest BCUT2D eigenvalue weighted by Gasteiger charge is 2.30. The lowest BCUT2D eigenvalue weighted by Gasteiger charge is -2.36. The SMILES string of the molecule is O=C(CCN1C(=O)CSc2ccccc21)NCCCN1CCN(c2ccc(C(F)(F)F)cc2)CC1. The van der Waals surface area contributed by atoms with Crippen molar-refractivity contribution in [3.05, 3.63) is 54.1 Å². The number of piperazine rings is 1. The van der Waals surface area contributed by atoms with Gasteiger partial charge >= 0.3 is 6.18 Å². The molecule has 1 fully saturated rings. The first-order valence-corrected chi connectivity index (χ1v) is 12.7. The van der Waals surface area contributed by atoms with E-state index in [0.717, 1.165) is 67.5 Å². The molecule has 10 heteroatoms. The van der Waals surface area contributed by atoms with Crippen LogP contribution in [-0.4, -0.2) is 68.3 Å². The molecule has 35 heavy (non-hydrogen) atoms. The van der Waals surface area contributed by atoms with Crippen molar-refractivity contribution in [1.29, 1.82) is 0 Å². The second-order valence-electron chi connectivity index (χ2n) is 8.63. The third-order valence-corrected chi connectivity index (χ3v) is 7.32. The molecule has 0 saturated carbocycles. The number of carbonyl (C=O) groups is 2. The molecule has 2 amide bonds. The molecule has 0 spiro atoms. The van der Waals surface area contributed by atoms with E-state index in [1.165, 1.54) is 23.9 Å². The van der Waals surface area contributed by atoms with Gasteiger partial charge in [-0.1, -0.05) is 12.1 Å². The van der Waals surface area contributed by atoms with Crippen molar-refractivity contribution in [2.24, 2.45) is 0 Å². The summed E-state index contributed by atoms with van der Waals surface area (Å²) in [6.45, 7) is 4.93. The van der Waals surface area contributed by atoms with E-state index >= 15 is 0 Å². The number of hydrogen-bond donors (Lipinski definition) is 1. The van der Waals surface area contributed by atoms with Gasteiger partial charge in [-0.15, -0.1) is 11.8 Å². The largest absolute Gasteiger partial charge is 0.416 e. The Balaban J connectivity index is 1.12. The molecule has 4 rings (SSSR count). The third-order valence-electron chi connectivity index (χ3n) is 6.28. The topological polar surface area (TPSA) is 55.9 Å². The van der Waals surface area contributed by atoms with Crippen LogP contribution in [0.15, 0.2) is 53.4 Å². The molecule has 0 aliphatic carbocycles. The van der Waals surface area contributed by atoms with E-state index in [0.29, 0.717) is 18.8 Å². The Morgan fingerprint density at radius 1 is 0.971 bits per heavy atom. The maximum absolute atomic E-state index is 12.7. The lowest BCUT2D eigenvalue weighted by atomic mass is 10.1. The van der Waals surface area contributed by atoms with Crippen LogP contribution in [0.3, 0.4) is 0 Å². The van der Waals surface area contributed by atoms with E-state index in [4.69, 9.17) is 0 Å². The fraction of sp³-hybridized carbons (Fsp3) is 0.440. The molecule has 188 valence electrons. The van der Waals surface area contributed by atoms with Crippen molar-refractivity contribution in [3.8, 4) is 0 Å². The Morgan fingerprint density at radius 2 is 1.69 bits per heavy atom. The number of alkyl halides is 3. The zero-order chi connectivity index (χ0) is 24.8. The first kappa shape index (κ1) is 25.4. The second kappa shape index (κ2) is 11.3. The Bertz CT molecular complexity index is 1020. The van der Waals surface area contributed by atoms with E-state index in [1.807, 2.05) is 24.3 Å². The zero-order valence-electron chi connectivity index (χ0n) is 19.4. The standard InChI is InChI=1S/C25H29F3N4O2S/c26-25(27,28)19-6-8-20(9-7-19)31-16-14-30(15-17-31)12-3-11-29-23(33)10-13-32-21-4-1-2-5-22(21)35-18-24(32)34/h1-2,4-9H,3,10-18H2,(H,29,33). The number of rotatable bonds is 8. The van der Waals surface area contributed by atoms with Crippen LogP contribution in [0, 0.1) is 0 Å². The number of fused-ring (bicyclic) bond motifs is 1. The Kier molecular flexibility index (Phi) is 8.22. The highest BCUT2D eigenvalue weighted by atomic mass is 32.2. The summed E-state index contributed by atoms with van der Waals surface area (Å²) < 4.78 is 38.2. The fourth-order valence-electron chi connectivity index (χ4n) is 4.32. The van der Waals surface area contributed by atoms with E-state index in [1.54, 1.807) is 4.90 Å². The summed E-state index contributed by atoms with van der Waals surface area (Å²) >= 11 is 1.52. The Morgan fingerprint density at radius 3 is 2.40 bits per heavy atom. The average molecular weight is 507 g/mol. The van der Waals surface area contributed by atoms with Crippen LogP contribution in [0.2, 0.25) is 0 Å². The molecule has 0 unspecified atom stereocenters. The summed E-state index contributed by atoms with van der Waals surface area (Å²) in [5.74, 6) is 0.350. The summed E-state index contributed by atoms with van der Waals surface area (Å²) in [7, 11) is 0. The number of nitrogens with one attached hydrogen (secondary N) is 1. The van der Waals surface area contributed by atoms with Crippen molar-refractivity contribution < 1.29 is 22.8 Å². The molecule has 0 radical (unpaired) electrons. The predicted molar refractivity (Wildman–Crippen MR) is 132 cm³/mol. The molecule has 0 aromatic heterocycles. The monoisotopic (exact) mass is 506 g/mol. The van der Waals surface area contributed by atoms with Crippen molar-refractivity contribution >= 4 is 35.0 Å². The molecule has 0 bridgehead atoms. The number of para-hydroxylation sites is 1. The fourth-order valence-corrected chi connectivity index (χ4v) is 5.26. The molecule has 0 atom stereocenters. The lowest BCUT2D eigenvalue weighted by molar-refractivity contribution is -0.137. The molecule has 1 saturated heterocycles. The molecule has 2 aliphatic rings. The molecule has 1 N–H and O–H groups in total. The molecule has 2 aromatic carbocycles. The first-order valence-electron chi connectivity index (χ1n) is 11.7. The third kappa shape index (κ3) is 6.70. The minimum atomic E-state index is -4.32. The van der Waals surface area contributed by atoms with Crippen molar-refractivity contribution in [2.45, 2.75) is 23.9 Å². The summed E-state index contributed by atoms with van der Waals surface area (Å²) in [5, 5.41) is 2.94. The molecule has 2 heterocycles. The number of anilines is 2. The highest BCUT2D eigenvalue weighted by molar-refractivity contribution is 8.00. The number of nitrogens with zero attached hydrogens (tertiary/aromatic N) is 3. The summed E-state index contributed by atoms with van der Waals surface area (Å²) in [4.78, 5) is 31.7. The maximum Gasteiger partial charge on any atom is 0.416 e. The Labute approximate surface area is 207 Å². The average Bonchev–Trinajstić information content (AvgIpc) is 2.86. The van der Waals surface area contributed by atoms with Crippen LogP contribution >= 0.6 is 11.8 Å². The van der Waals surface area contributed by atoms with Crippen LogP contribution in [0.1, 0.15) is 18.4 Å². The van der Waals surface area contributed by atoms with Gasteiger partial charge in [-0.3, -0.25) is 14.5 Å². The normalized spacial score (nSPS) is 16.8. The van der Waals surface area contributed by atoms with Crippen molar-refractivity contribution in [2.75, 3.05) is 61.4 Å². The number of carbonyl (C=O) groups excluding carboxylic acids is 2. The number of benzene rings is 2. The van der Waals surface area contributed by atoms with Gasteiger partial charge in [0.05, 0.1) is 17.0 Å². The van der Waals surface area contributed by atoms with Crippen molar-refractivity contribution in [1.82, 2.24) is 10.2 Å². The summed E-state index contributed by atoms with van der Waals surface area (Å²) in [5.41, 5.74) is 1.04. The smallest absolute Gasteiger partial charge is 0.369 e. The van der Waals surface area contributed by atoms with Gasteiger partial charge in [0.1, 0.15) is 0 Å². The van der Waals surface area contributed by atoms with Gasteiger partial charge in [0, 0.05) is 56.3 Å². The number of amides is 2.